The van der Waals surface area contributed by atoms with Crippen LogP contribution >= 0.6 is 0 Å². The smallest absolute Gasteiger partial charge is 0.102 e. The summed E-state index contributed by atoms with van der Waals surface area (Å²) in [6.45, 7) is 6.76. The molecular formula is C25H54N2O2. The minimum absolute atomic E-state index is 0.299. The molecule has 0 saturated heterocycles. The van der Waals surface area contributed by atoms with Crippen LogP contribution < -0.4 is 5.11 Å². The van der Waals surface area contributed by atoms with E-state index in [1.807, 2.05) is 0 Å². The van der Waals surface area contributed by atoms with Crippen molar-refractivity contribution in [2.45, 2.75) is 123 Å². The lowest BCUT2D eigenvalue weighted by Crippen LogP contribution is -2.42. The van der Waals surface area contributed by atoms with Crippen LogP contribution in [0.4, 0.5) is 0 Å². The van der Waals surface area contributed by atoms with Crippen molar-refractivity contribution in [2.75, 3.05) is 33.8 Å². The summed E-state index contributed by atoms with van der Waals surface area (Å²) in [7, 11) is 4.28. The molecule has 176 valence electrons. The second-order valence-corrected chi connectivity index (χ2v) is 9.23. The Morgan fingerprint density at radius 2 is 1.03 bits per heavy atom. The molecule has 0 aliphatic carbocycles. The molecule has 2 N–H and O–H groups in total. The highest BCUT2D eigenvalue weighted by Crippen LogP contribution is 2.13. The highest BCUT2D eigenvalue weighted by atomic mass is 16.3. The molecule has 0 amide bonds. The maximum absolute atomic E-state index is 10.4. The monoisotopic (exact) mass is 414 g/mol. The summed E-state index contributed by atoms with van der Waals surface area (Å²) in [6, 6.07) is 0. The Kier molecular flexibility index (Phi) is 25.0. The first-order valence-corrected chi connectivity index (χ1v) is 12.6. The first-order valence-electron chi connectivity index (χ1n) is 12.6. The Morgan fingerprint density at radius 3 is 1.34 bits per heavy atom. The number of rotatable bonds is 20. The van der Waals surface area contributed by atoms with E-state index in [2.05, 4.69) is 27.9 Å². The predicted octanol–water partition coefficient (Wildman–Crippen LogP) is 6.05. The number of nitrogens with zero attached hydrogens (tertiary/aromatic N) is 1. The van der Waals surface area contributed by atoms with Crippen LogP contribution in [0, 0.1) is 5.41 Å². The van der Waals surface area contributed by atoms with Crippen molar-refractivity contribution in [3.05, 3.63) is 0 Å². The van der Waals surface area contributed by atoms with Crippen LogP contribution in [0.25, 0.3) is 0 Å². The van der Waals surface area contributed by atoms with Gasteiger partial charge in [0.1, 0.15) is 6.54 Å². The Hall–Kier alpha value is -0.610. The summed E-state index contributed by atoms with van der Waals surface area (Å²) >= 11 is 0. The van der Waals surface area contributed by atoms with E-state index in [1.165, 1.54) is 89.9 Å². The van der Waals surface area contributed by atoms with Crippen LogP contribution in [0.3, 0.4) is 0 Å². The molecule has 0 rings (SSSR count). The minimum atomic E-state index is -0.403. The van der Waals surface area contributed by atoms with Crippen molar-refractivity contribution >= 4 is 5.90 Å². The van der Waals surface area contributed by atoms with E-state index < -0.39 is 5.90 Å². The molecule has 4 heteroatoms. The third kappa shape index (κ3) is 29.7. The predicted molar refractivity (Wildman–Crippen MR) is 126 cm³/mol. The fourth-order valence-electron chi connectivity index (χ4n) is 3.64. The standard InChI is InChI=1S/C18H37NO.C7H18NO/c1-2-3-4-5-6-7-8-9-10-11-12-13-14-15-16-17-18(19)20;1-4-5-8(2,3)6-7-9/h2-17H2,1H3,(H2,19,20);9H,4-7H2,1-3H3/q;+1/p-1. The van der Waals surface area contributed by atoms with Crippen molar-refractivity contribution in [1.29, 1.82) is 5.41 Å². The summed E-state index contributed by atoms with van der Waals surface area (Å²) in [5, 5.41) is 25.9. The molecule has 0 radical (unpaired) electrons. The molecule has 0 spiro atoms. The first-order chi connectivity index (χ1) is 13.9. The van der Waals surface area contributed by atoms with Gasteiger partial charge in [-0.1, -0.05) is 104 Å². The third-order valence-electron chi connectivity index (χ3n) is 5.54. The summed E-state index contributed by atoms with van der Waals surface area (Å²) in [4.78, 5) is 0. The van der Waals surface area contributed by atoms with Gasteiger partial charge in [-0.3, -0.25) is 0 Å². The summed E-state index contributed by atoms with van der Waals surface area (Å²) in [5.41, 5.74) is 0. The lowest BCUT2D eigenvalue weighted by molar-refractivity contribution is -0.890. The number of nitrogens with one attached hydrogen (secondary N) is 1. The van der Waals surface area contributed by atoms with Gasteiger partial charge in [0.15, 0.2) is 0 Å². The van der Waals surface area contributed by atoms with Gasteiger partial charge in [-0.15, -0.1) is 0 Å². The lowest BCUT2D eigenvalue weighted by atomic mass is 10.0. The van der Waals surface area contributed by atoms with Gasteiger partial charge >= 0.3 is 0 Å². The van der Waals surface area contributed by atoms with Gasteiger partial charge in [0, 0.05) is 0 Å². The zero-order valence-corrected chi connectivity index (χ0v) is 20.4. The number of unbranched alkanes of at least 4 members (excludes halogenated alkanes) is 14. The maximum Gasteiger partial charge on any atom is 0.102 e. The van der Waals surface area contributed by atoms with E-state index in [1.54, 1.807) is 0 Å². The maximum atomic E-state index is 10.4. The molecule has 0 unspecified atom stereocenters. The van der Waals surface area contributed by atoms with Crippen molar-refractivity contribution in [2.24, 2.45) is 0 Å². The van der Waals surface area contributed by atoms with Gasteiger partial charge in [-0.25, -0.2) is 0 Å². The Balaban J connectivity index is 0. The van der Waals surface area contributed by atoms with Crippen molar-refractivity contribution in [1.82, 2.24) is 0 Å². The van der Waals surface area contributed by atoms with Crippen molar-refractivity contribution in [3.63, 3.8) is 0 Å². The van der Waals surface area contributed by atoms with Crippen molar-refractivity contribution in [3.8, 4) is 0 Å². The molecule has 0 aromatic heterocycles. The minimum Gasteiger partial charge on any atom is -0.862 e. The summed E-state index contributed by atoms with van der Waals surface area (Å²) in [5.74, 6) is -0.403. The molecule has 0 bridgehead atoms. The van der Waals surface area contributed by atoms with Gasteiger partial charge in [0.2, 0.25) is 0 Å². The highest BCUT2D eigenvalue weighted by molar-refractivity contribution is 5.67. The molecule has 0 heterocycles. The van der Waals surface area contributed by atoms with Crippen molar-refractivity contribution < 1.29 is 14.7 Å². The second-order valence-electron chi connectivity index (χ2n) is 9.23. The number of hydrogen-bond donors (Lipinski definition) is 2. The van der Waals surface area contributed by atoms with Crippen LogP contribution in [-0.2, 0) is 0 Å². The molecule has 0 aliphatic heterocycles. The van der Waals surface area contributed by atoms with E-state index >= 15 is 0 Å². The van der Waals surface area contributed by atoms with Gasteiger partial charge in [-0.05, 0) is 25.2 Å². The quantitative estimate of drug-likeness (QED) is 0.110. The van der Waals surface area contributed by atoms with E-state index in [-0.39, 0.29) is 0 Å². The van der Waals surface area contributed by atoms with Crippen LogP contribution in [0.1, 0.15) is 123 Å². The normalized spacial score (nSPS) is 11.2. The Labute approximate surface area is 183 Å². The Morgan fingerprint density at radius 1 is 0.655 bits per heavy atom. The zero-order valence-electron chi connectivity index (χ0n) is 20.4. The van der Waals surface area contributed by atoms with E-state index in [9.17, 15) is 5.11 Å². The van der Waals surface area contributed by atoms with Crippen LogP contribution in [0.2, 0.25) is 0 Å². The average molecular weight is 415 g/mol. The first kappa shape index (κ1) is 30.6. The lowest BCUT2D eigenvalue weighted by Gasteiger charge is -2.28. The number of likely N-dealkylation sites (N-methyl/N-ethyl adjacent to an activating group) is 1. The van der Waals surface area contributed by atoms with E-state index in [0.29, 0.717) is 13.0 Å². The molecule has 0 aromatic carbocycles. The fraction of sp³-hybridized carbons (Fsp3) is 0.960. The van der Waals surface area contributed by atoms with Gasteiger partial charge < -0.3 is 20.1 Å². The zero-order chi connectivity index (χ0) is 22.2. The molecule has 0 saturated carbocycles. The largest absolute Gasteiger partial charge is 0.862 e. The van der Waals surface area contributed by atoms with E-state index in [0.717, 1.165) is 30.4 Å². The molecular weight excluding hydrogens is 360 g/mol. The fourth-order valence-corrected chi connectivity index (χ4v) is 3.64. The summed E-state index contributed by atoms with van der Waals surface area (Å²) < 4.78 is 0.938. The molecule has 0 aliphatic rings. The van der Waals surface area contributed by atoms with Gasteiger partial charge in [0.25, 0.3) is 0 Å². The number of hydrogen-bond acceptors (Lipinski definition) is 3. The molecule has 0 fully saturated rings. The molecule has 0 aromatic rings. The molecule has 0 atom stereocenters. The number of quaternary nitrogens is 1. The Bertz CT molecular complexity index is 325. The van der Waals surface area contributed by atoms with Gasteiger partial charge in [-0.2, -0.15) is 0 Å². The number of aliphatic hydroxyl groups excluding tert-OH is 1. The molecule has 29 heavy (non-hydrogen) atoms. The van der Waals surface area contributed by atoms with Crippen LogP contribution in [0.5, 0.6) is 0 Å². The topological polar surface area (TPSA) is 67.1 Å². The van der Waals surface area contributed by atoms with Crippen LogP contribution in [-0.4, -0.2) is 49.3 Å². The van der Waals surface area contributed by atoms with Gasteiger partial charge in [0.05, 0.1) is 27.2 Å². The average Bonchev–Trinajstić information content (AvgIpc) is 2.65. The number of aliphatic hydroxyl groups is 1. The highest BCUT2D eigenvalue weighted by Gasteiger charge is 2.10. The molecule has 4 nitrogen and oxygen atoms in total. The SMILES string of the molecule is CCCCCCCCCCCCCCCCCC(=N)[O-].CCC[N+](C)(C)CCO. The summed E-state index contributed by atoms with van der Waals surface area (Å²) in [6.07, 6.45) is 21.7. The third-order valence-corrected chi connectivity index (χ3v) is 5.54. The van der Waals surface area contributed by atoms with Crippen LogP contribution in [0.15, 0.2) is 0 Å². The van der Waals surface area contributed by atoms with E-state index in [4.69, 9.17) is 10.5 Å². The second kappa shape index (κ2) is 23.7.